The van der Waals surface area contributed by atoms with Crippen LogP contribution in [0.5, 0.6) is 0 Å². The molecule has 0 N–H and O–H groups in total. The van der Waals surface area contributed by atoms with Crippen molar-refractivity contribution in [2.75, 3.05) is 6.54 Å². The average molecular weight is 322 g/mol. The highest BCUT2D eigenvalue weighted by Gasteiger charge is 2.25. The van der Waals surface area contributed by atoms with Gasteiger partial charge in [0.1, 0.15) is 0 Å². The van der Waals surface area contributed by atoms with Gasteiger partial charge in [0, 0.05) is 17.5 Å². The Morgan fingerprint density at radius 2 is 2.00 bits per heavy atom. The lowest BCUT2D eigenvalue weighted by atomic mass is 10.0. The van der Waals surface area contributed by atoms with E-state index in [1.807, 2.05) is 11.3 Å². The summed E-state index contributed by atoms with van der Waals surface area (Å²) >= 11 is 5.39. The summed E-state index contributed by atoms with van der Waals surface area (Å²) in [5.41, 5.74) is 1.46. The zero-order valence-corrected chi connectivity index (χ0v) is 12.6. The number of hydrogen-bond donors (Lipinski definition) is 0. The molecule has 0 radical (unpaired) electrons. The average Bonchev–Trinajstić information content (AvgIpc) is 3.00. The van der Waals surface area contributed by atoms with Gasteiger partial charge in [0.15, 0.2) is 0 Å². The molecule has 1 aromatic carbocycles. The molecule has 0 spiro atoms. The third-order valence-corrected chi connectivity index (χ3v) is 5.14. The summed E-state index contributed by atoms with van der Waals surface area (Å²) in [7, 11) is 0. The highest BCUT2D eigenvalue weighted by molar-refractivity contribution is 9.11. The van der Waals surface area contributed by atoms with E-state index >= 15 is 0 Å². The minimum absolute atomic E-state index is 0.604. The summed E-state index contributed by atoms with van der Waals surface area (Å²) in [5.74, 6) is 0. The molecule has 2 heterocycles. The second-order valence-corrected chi connectivity index (χ2v) is 7.29. The molecule has 1 saturated heterocycles. The number of halogens is 1. The predicted molar refractivity (Wildman–Crippen MR) is 80.8 cm³/mol. The number of rotatable bonds is 3. The van der Waals surface area contributed by atoms with Gasteiger partial charge in [-0.1, -0.05) is 30.3 Å². The van der Waals surface area contributed by atoms with E-state index in [-0.39, 0.29) is 0 Å². The summed E-state index contributed by atoms with van der Waals surface area (Å²) in [5, 5.41) is 0. The largest absolute Gasteiger partial charge is 0.291 e. The van der Waals surface area contributed by atoms with Crippen molar-refractivity contribution in [1.82, 2.24) is 4.90 Å². The summed E-state index contributed by atoms with van der Waals surface area (Å²) in [4.78, 5) is 4.05. The molecule has 1 fully saturated rings. The summed E-state index contributed by atoms with van der Waals surface area (Å²) < 4.78 is 1.23. The molecule has 0 aliphatic carbocycles. The molecular formula is C15H16BrNS. The summed E-state index contributed by atoms with van der Waals surface area (Å²) in [6.45, 7) is 2.30. The fourth-order valence-electron chi connectivity index (χ4n) is 2.70. The number of benzene rings is 1. The van der Waals surface area contributed by atoms with E-state index in [4.69, 9.17) is 0 Å². The Labute approximate surface area is 121 Å². The van der Waals surface area contributed by atoms with Crippen molar-refractivity contribution in [3.63, 3.8) is 0 Å². The lowest BCUT2D eigenvalue weighted by Gasteiger charge is -2.24. The smallest absolute Gasteiger partial charge is 0.0701 e. The van der Waals surface area contributed by atoms with Crippen LogP contribution >= 0.6 is 27.3 Å². The third kappa shape index (κ3) is 2.68. The fourth-order valence-corrected chi connectivity index (χ4v) is 4.21. The molecule has 1 unspecified atom stereocenters. The van der Waals surface area contributed by atoms with Gasteiger partial charge < -0.3 is 0 Å². The van der Waals surface area contributed by atoms with E-state index in [0.29, 0.717) is 6.04 Å². The van der Waals surface area contributed by atoms with Crippen molar-refractivity contribution in [3.8, 4) is 0 Å². The molecule has 1 aliphatic rings. The van der Waals surface area contributed by atoms with Crippen LogP contribution in [0.2, 0.25) is 0 Å². The van der Waals surface area contributed by atoms with Gasteiger partial charge in [0.05, 0.1) is 3.79 Å². The Kier molecular flexibility index (Phi) is 3.83. The first kappa shape index (κ1) is 12.4. The Hall–Kier alpha value is -0.640. The summed E-state index contributed by atoms with van der Waals surface area (Å²) in [6.07, 6.45) is 2.60. The molecule has 18 heavy (non-hydrogen) atoms. The maximum absolute atomic E-state index is 3.54. The second-order valence-electron chi connectivity index (χ2n) is 4.75. The monoisotopic (exact) mass is 321 g/mol. The number of hydrogen-bond acceptors (Lipinski definition) is 2. The number of nitrogens with zero attached hydrogens (tertiary/aromatic N) is 1. The zero-order chi connectivity index (χ0) is 12.4. The highest BCUT2D eigenvalue weighted by atomic mass is 79.9. The van der Waals surface area contributed by atoms with E-state index in [9.17, 15) is 0 Å². The van der Waals surface area contributed by atoms with Crippen molar-refractivity contribution >= 4 is 27.3 Å². The normalized spacial score (nSPS) is 20.4. The Morgan fingerprint density at radius 1 is 1.17 bits per heavy atom. The van der Waals surface area contributed by atoms with Crippen molar-refractivity contribution in [2.45, 2.75) is 25.4 Å². The maximum Gasteiger partial charge on any atom is 0.0701 e. The quantitative estimate of drug-likeness (QED) is 0.781. The molecule has 3 heteroatoms. The molecule has 0 bridgehead atoms. The van der Waals surface area contributed by atoms with E-state index in [1.165, 1.54) is 33.6 Å². The molecule has 3 rings (SSSR count). The molecular weight excluding hydrogens is 306 g/mol. The van der Waals surface area contributed by atoms with Crippen LogP contribution in [0.15, 0.2) is 46.3 Å². The van der Waals surface area contributed by atoms with Crippen molar-refractivity contribution in [2.24, 2.45) is 0 Å². The minimum Gasteiger partial charge on any atom is -0.291 e. The van der Waals surface area contributed by atoms with Crippen LogP contribution in [0, 0.1) is 0 Å². The van der Waals surface area contributed by atoms with Gasteiger partial charge in [-0.2, -0.15) is 0 Å². The van der Waals surface area contributed by atoms with Gasteiger partial charge in [-0.25, -0.2) is 0 Å². The van der Waals surface area contributed by atoms with Crippen molar-refractivity contribution in [3.05, 3.63) is 56.7 Å². The van der Waals surface area contributed by atoms with Gasteiger partial charge in [0.2, 0.25) is 0 Å². The van der Waals surface area contributed by atoms with Crippen LogP contribution in [-0.4, -0.2) is 11.4 Å². The van der Waals surface area contributed by atoms with Crippen LogP contribution in [0.1, 0.15) is 29.3 Å². The van der Waals surface area contributed by atoms with Gasteiger partial charge >= 0.3 is 0 Å². The van der Waals surface area contributed by atoms with Crippen LogP contribution in [-0.2, 0) is 6.54 Å². The van der Waals surface area contributed by atoms with Crippen LogP contribution in [0.4, 0.5) is 0 Å². The third-order valence-electron chi connectivity index (χ3n) is 3.54. The molecule has 1 nitrogen and oxygen atoms in total. The van der Waals surface area contributed by atoms with Gasteiger partial charge in [0.25, 0.3) is 0 Å². The molecule has 2 aromatic rings. The Bertz CT molecular complexity index is 508. The van der Waals surface area contributed by atoms with E-state index in [1.54, 1.807) is 0 Å². The van der Waals surface area contributed by atoms with Gasteiger partial charge in [-0.05, 0) is 53.0 Å². The molecule has 0 saturated carbocycles. The molecule has 94 valence electrons. The van der Waals surface area contributed by atoms with Crippen LogP contribution < -0.4 is 0 Å². The fraction of sp³-hybridized carbons (Fsp3) is 0.333. The molecule has 1 aliphatic heterocycles. The SMILES string of the molecule is Brc1ccc(CN2CCCC2c2ccccc2)s1. The van der Waals surface area contributed by atoms with Crippen molar-refractivity contribution < 1.29 is 0 Å². The standard InChI is InChI=1S/C15H16BrNS/c16-15-9-8-13(18-15)11-17-10-4-7-14(17)12-5-2-1-3-6-12/h1-3,5-6,8-9,14H,4,7,10-11H2. The minimum atomic E-state index is 0.604. The van der Waals surface area contributed by atoms with Crippen LogP contribution in [0.25, 0.3) is 0 Å². The van der Waals surface area contributed by atoms with Crippen LogP contribution in [0.3, 0.4) is 0 Å². The predicted octanol–water partition coefficient (Wildman–Crippen LogP) is 4.85. The van der Waals surface area contributed by atoms with E-state index < -0.39 is 0 Å². The first-order chi connectivity index (χ1) is 8.83. The van der Waals surface area contributed by atoms with Gasteiger partial charge in [-0.15, -0.1) is 11.3 Å². The first-order valence-corrected chi connectivity index (χ1v) is 7.97. The number of likely N-dealkylation sites (tertiary alicyclic amines) is 1. The topological polar surface area (TPSA) is 3.24 Å². The lowest BCUT2D eigenvalue weighted by molar-refractivity contribution is 0.251. The number of thiophene rings is 1. The van der Waals surface area contributed by atoms with E-state index in [0.717, 1.165) is 6.54 Å². The van der Waals surface area contributed by atoms with Gasteiger partial charge in [-0.3, -0.25) is 4.90 Å². The first-order valence-electron chi connectivity index (χ1n) is 6.36. The Morgan fingerprint density at radius 3 is 2.72 bits per heavy atom. The molecule has 0 amide bonds. The lowest BCUT2D eigenvalue weighted by Crippen LogP contribution is -2.22. The second kappa shape index (κ2) is 5.55. The highest BCUT2D eigenvalue weighted by Crippen LogP contribution is 2.34. The molecule has 1 aromatic heterocycles. The zero-order valence-electron chi connectivity index (χ0n) is 10.2. The Balaban J connectivity index is 1.75. The summed E-state index contributed by atoms with van der Waals surface area (Å²) in [6, 6.07) is 15.9. The van der Waals surface area contributed by atoms with E-state index in [2.05, 4.69) is 63.3 Å². The molecule has 1 atom stereocenters. The maximum atomic E-state index is 3.54. The van der Waals surface area contributed by atoms with Crippen molar-refractivity contribution in [1.29, 1.82) is 0 Å².